The summed E-state index contributed by atoms with van der Waals surface area (Å²) < 4.78 is 18.5. The number of imidazole rings is 1. The number of rotatable bonds is 5. The Morgan fingerprint density at radius 3 is 2.74 bits per heavy atom. The molecular weight excluding hydrogens is 346 g/mol. The third kappa shape index (κ3) is 3.40. The predicted octanol–water partition coefficient (Wildman–Crippen LogP) is 2.44. The first kappa shape index (κ1) is 17.2. The van der Waals surface area contributed by atoms with Crippen LogP contribution >= 0.6 is 0 Å². The van der Waals surface area contributed by atoms with Gasteiger partial charge < -0.3 is 24.1 Å². The number of ether oxygens (including phenoxy) is 3. The highest BCUT2D eigenvalue weighted by atomic mass is 16.6. The van der Waals surface area contributed by atoms with E-state index in [0.717, 1.165) is 28.2 Å². The summed E-state index contributed by atoms with van der Waals surface area (Å²) in [6.45, 7) is 3.51. The number of nitrogens with one attached hydrogen (secondary N) is 1. The molecule has 2 aromatic carbocycles. The molecule has 0 saturated carbocycles. The van der Waals surface area contributed by atoms with Crippen LogP contribution in [0.2, 0.25) is 0 Å². The van der Waals surface area contributed by atoms with Gasteiger partial charge in [-0.05, 0) is 13.0 Å². The predicted molar refractivity (Wildman–Crippen MR) is 100 cm³/mol. The van der Waals surface area contributed by atoms with E-state index in [-0.39, 0.29) is 12.5 Å². The van der Waals surface area contributed by atoms with Gasteiger partial charge in [0.15, 0.2) is 11.5 Å². The molecule has 3 aromatic rings. The molecule has 1 aromatic heterocycles. The van der Waals surface area contributed by atoms with Crippen molar-refractivity contribution in [2.75, 3.05) is 20.3 Å². The lowest BCUT2D eigenvalue weighted by molar-refractivity contribution is -0.121. The first-order chi connectivity index (χ1) is 13.2. The van der Waals surface area contributed by atoms with Gasteiger partial charge in [-0.2, -0.15) is 0 Å². The van der Waals surface area contributed by atoms with E-state index in [1.165, 1.54) is 0 Å². The Labute approximate surface area is 156 Å². The minimum atomic E-state index is -0.0989. The minimum Gasteiger partial charge on any atom is -0.496 e. The van der Waals surface area contributed by atoms with Crippen molar-refractivity contribution in [2.45, 2.75) is 20.0 Å². The fraction of sp³-hybridized carbons (Fsp3) is 0.300. The maximum absolute atomic E-state index is 12.5. The van der Waals surface area contributed by atoms with Gasteiger partial charge >= 0.3 is 0 Å². The number of carbonyl (C=O) groups excluding carboxylic acids is 1. The molecule has 0 spiro atoms. The molecule has 27 heavy (non-hydrogen) atoms. The molecule has 0 atom stereocenters. The second-order valence-corrected chi connectivity index (χ2v) is 6.32. The molecule has 0 saturated heterocycles. The minimum absolute atomic E-state index is 0.0989. The highest BCUT2D eigenvalue weighted by Gasteiger charge is 2.18. The second-order valence-electron chi connectivity index (χ2n) is 6.32. The zero-order chi connectivity index (χ0) is 18.8. The van der Waals surface area contributed by atoms with E-state index in [9.17, 15) is 4.79 Å². The lowest BCUT2D eigenvalue weighted by atomic mass is 10.2. The normalized spacial score (nSPS) is 12.8. The molecule has 0 fully saturated rings. The van der Waals surface area contributed by atoms with Crippen molar-refractivity contribution >= 4 is 16.9 Å². The summed E-state index contributed by atoms with van der Waals surface area (Å²) in [5.41, 5.74) is 2.57. The van der Waals surface area contributed by atoms with Gasteiger partial charge in [0, 0.05) is 24.2 Å². The number of aryl methyl sites for hydroxylation is 1. The van der Waals surface area contributed by atoms with E-state index in [2.05, 4.69) is 10.3 Å². The highest BCUT2D eigenvalue weighted by molar-refractivity contribution is 5.83. The number of fused-ring (bicyclic) bond motifs is 2. The molecule has 7 nitrogen and oxygen atoms in total. The summed E-state index contributed by atoms with van der Waals surface area (Å²) in [5, 5.41) is 2.94. The number of nitrogens with zero attached hydrogens (tertiary/aromatic N) is 2. The molecule has 1 amide bonds. The Hall–Kier alpha value is -3.22. The van der Waals surface area contributed by atoms with Gasteiger partial charge in [0.2, 0.25) is 5.91 Å². The van der Waals surface area contributed by atoms with Gasteiger partial charge in [-0.3, -0.25) is 4.79 Å². The quantitative estimate of drug-likeness (QED) is 0.750. The maximum atomic E-state index is 12.5. The largest absolute Gasteiger partial charge is 0.496 e. The molecule has 0 unspecified atom stereocenters. The zero-order valence-corrected chi connectivity index (χ0v) is 15.3. The van der Waals surface area contributed by atoms with Crippen molar-refractivity contribution in [3.05, 3.63) is 47.8 Å². The fourth-order valence-corrected chi connectivity index (χ4v) is 3.22. The average Bonchev–Trinajstić information content (AvgIpc) is 2.99. The van der Waals surface area contributed by atoms with Crippen LogP contribution in [0.4, 0.5) is 0 Å². The first-order valence-electron chi connectivity index (χ1n) is 8.81. The Kier molecular flexibility index (Phi) is 4.58. The summed E-state index contributed by atoms with van der Waals surface area (Å²) in [4.78, 5) is 17.1. The van der Waals surface area contributed by atoms with E-state index in [1.807, 2.05) is 47.9 Å². The SMILES string of the molecule is COc1ccccc1CNC(=O)Cn1c(C)nc2cc3c(cc21)OCCO3. The van der Waals surface area contributed by atoms with Crippen molar-refractivity contribution in [3.8, 4) is 17.2 Å². The van der Waals surface area contributed by atoms with Crippen molar-refractivity contribution in [3.63, 3.8) is 0 Å². The van der Waals surface area contributed by atoms with Crippen LogP contribution in [0.3, 0.4) is 0 Å². The van der Waals surface area contributed by atoms with Gasteiger partial charge in [-0.15, -0.1) is 0 Å². The molecule has 4 rings (SSSR count). The van der Waals surface area contributed by atoms with Crippen molar-refractivity contribution in [1.29, 1.82) is 0 Å². The van der Waals surface area contributed by atoms with E-state index in [1.54, 1.807) is 7.11 Å². The number of methoxy groups -OCH3 is 1. The van der Waals surface area contributed by atoms with Gasteiger partial charge in [-0.1, -0.05) is 18.2 Å². The van der Waals surface area contributed by atoms with Crippen LogP contribution in [-0.4, -0.2) is 35.8 Å². The number of benzene rings is 2. The van der Waals surface area contributed by atoms with Crippen molar-refractivity contribution in [1.82, 2.24) is 14.9 Å². The number of aromatic nitrogens is 2. The van der Waals surface area contributed by atoms with Crippen LogP contribution in [0.15, 0.2) is 36.4 Å². The number of amides is 1. The summed E-state index contributed by atoms with van der Waals surface area (Å²) in [6, 6.07) is 11.4. The lowest BCUT2D eigenvalue weighted by Gasteiger charge is -2.18. The molecule has 1 N–H and O–H groups in total. The summed E-state index contributed by atoms with van der Waals surface area (Å²) >= 11 is 0. The molecule has 2 heterocycles. The van der Waals surface area contributed by atoms with Crippen molar-refractivity contribution < 1.29 is 19.0 Å². The monoisotopic (exact) mass is 367 g/mol. The number of hydrogen-bond acceptors (Lipinski definition) is 5. The molecule has 1 aliphatic heterocycles. The van der Waals surface area contributed by atoms with Crippen LogP contribution < -0.4 is 19.5 Å². The van der Waals surface area contributed by atoms with Gasteiger partial charge in [0.05, 0.1) is 18.1 Å². The van der Waals surface area contributed by atoms with Crippen LogP contribution in [0.1, 0.15) is 11.4 Å². The standard InChI is InChI=1S/C20H21N3O4/c1-13-22-15-9-18-19(27-8-7-26-18)10-16(15)23(13)12-20(24)21-11-14-5-3-4-6-17(14)25-2/h3-6,9-10H,7-8,11-12H2,1-2H3,(H,21,24). The third-order valence-corrected chi connectivity index (χ3v) is 4.57. The van der Waals surface area contributed by atoms with Crippen LogP contribution in [0.25, 0.3) is 11.0 Å². The van der Waals surface area contributed by atoms with Gasteiger partial charge in [-0.25, -0.2) is 4.98 Å². The van der Waals surface area contributed by atoms with Crippen LogP contribution in [0.5, 0.6) is 17.2 Å². The Balaban J connectivity index is 1.52. The van der Waals surface area contributed by atoms with E-state index < -0.39 is 0 Å². The number of hydrogen-bond donors (Lipinski definition) is 1. The molecule has 7 heteroatoms. The number of carbonyl (C=O) groups is 1. The summed E-state index contributed by atoms with van der Waals surface area (Å²) in [5.74, 6) is 2.80. The first-order valence-corrected chi connectivity index (χ1v) is 8.81. The zero-order valence-electron chi connectivity index (χ0n) is 15.3. The van der Waals surface area contributed by atoms with Gasteiger partial charge in [0.1, 0.15) is 31.3 Å². The fourth-order valence-electron chi connectivity index (χ4n) is 3.22. The van der Waals surface area contributed by atoms with E-state index in [0.29, 0.717) is 31.3 Å². The van der Waals surface area contributed by atoms with Crippen LogP contribution in [-0.2, 0) is 17.9 Å². The molecular formula is C20H21N3O4. The number of para-hydroxylation sites is 1. The Bertz CT molecular complexity index is 996. The van der Waals surface area contributed by atoms with E-state index in [4.69, 9.17) is 14.2 Å². The Morgan fingerprint density at radius 2 is 1.96 bits per heavy atom. The molecule has 0 radical (unpaired) electrons. The third-order valence-electron chi connectivity index (χ3n) is 4.57. The average molecular weight is 367 g/mol. The van der Waals surface area contributed by atoms with Crippen molar-refractivity contribution in [2.24, 2.45) is 0 Å². The van der Waals surface area contributed by atoms with Gasteiger partial charge in [0.25, 0.3) is 0 Å². The highest BCUT2D eigenvalue weighted by Crippen LogP contribution is 2.34. The summed E-state index contributed by atoms with van der Waals surface area (Å²) in [7, 11) is 1.62. The lowest BCUT2D eigenvalue weighted by Crippen LogP contribution is -2.27. The summed E-state index contributed by atoms with van der Waals surface area (Å²) in [6.07, 6.45) is 0. The second kappa shape index (κ2) is 7.19. The van der Waals surface area contributed by atoms with Crippen LogP contribution in [0, 0.1) is 6.92 Å². The molecule has 1 aliphatic rings. The molecule has 0 aliphatic carbocycles. The Morgan fingerprint density at radius 1 is 1.22 bits per heavy atom. The molecule has 0 bridgehead atoms. The van der Waals surface area contributed by atoms with E-state index >= 15 is 0 Å². The molecule has 140 valence electrons. The topological polar surface area (TPSA) is 74.6 Å². The smallest absolute Gasteiger partial charge is 0.240 e. The maximum Gasteiger partial charge on any atom is 0.240 e.